The summed E-state index contributed by atoms with van der Waals surface area (Å²) in [6.07, 6.45) is 0. The molecule has 1 unspecified atom stereocenters. The second kappa shape index (κ2) is 5.49. The Balaban J connectivity index is 2.33. The topological polar surface area (TPSA) is 29.3 Å². The predicted molar refractivity (Wildman–Crippen MR) is 79.1 cm³/mol. The van der Waals surface area contributed by atoms with E-state index in [1.54, 1.807) is 24.3 Å². The first-order valence-corrected chi connectivity index (χ1v) is 6.41. The molecule has 0 saturated heterocycles. The van der Waals surface area contributed by atoms with E-state index in [0.29, 0.717) is 16.3 Å². The van der Waals surface area contributed by atoms with Gasteiger partial charge in [0.1, 0.15) is 5.82 Å². The van der Waals surface area contributed by atoms with Gasteiger partial charge in [-0.05, 0) is 31.2 Å². The van der Waals surface area contributed by atoms with Crippen molar-refractivity contribution in [3.8, 4) is 0 Å². The minimum atomic E-state index is -0.214. The average molecular weight is 279 g/mol. The van der Waals surface area contributed by atoms with Crippen molar-refractivity contribution in [3.05, 3.63) is 58.9 Å². The van der Waals surface area contributed by atoms with Crippen LogP contribution in [0.4, 0.5) is 15.8 Å². The largest absolute Gasteiger partial charge is 0.399 e. The van der Waals surface area contributed by atoms with Gasteiger partial charge in [0.05, 0.1) is 16.8 Å². The molecule has 0 spiro atoms. The number of hydrogen-bond donors (Lipinski definition) is 1. The molecule has 0 aliphatic rings. The van der Waals surface area contributed by atoms with E-state index in [0.717, 1.165) is 5.69 Å². The van der Waals surface area contributed by atoms with E-state index in [1.807, 2.05) is 31.0 Å². The van der Waals surface area contributed by atoms with Crippen LogP contribution in [0.1, 0.15) is 18.5 Å². The monoisotopic (exact) mass is 278 g/mol. The van der Waals surface area contributed by atoms with Crippen LogP contribution in [0.15, 0.2) is 42.5 Å². The Morgan fingerprint density at radius 1 is 1.21 bits per heavy atom. The zero-order chi connectivity index (χ0) is 14.0. The van der Waals surface area contributed by atoms with Crippen molar-refractivity contribution in [2.45, 2.75) is 13.0 Å². The predicted octanol–water partition coefficient (Wildman–Crippen LogP) is 4.26. The van der Waals surface area contributed by atoms with E-state index in [1.165, 1.54) is 6.07 Å². The summed E-state index contributed by atoms with van der Waals surface area (Å²) in [4.78, 5) is 1.93. The van der Waals surface area contributed by atoms with E-state index in [9.17, 15) is 4.39 Å². The van der Waals surface area contributed by atoms with Gasteiger partial charge >= 0.3 is 0 Å². The second-order valence-corrected chi connectivity index (χ2v) is 4.93. The average Bonchev–Trinajstić information content (AvgIpc) is 2.38. The van der Waals surface area contributed by atoms with Crippen molar-refractivity contribution in [1.29, 1.82) is 0 Å². The minimum absolute atomic E-state index is 0.123. The molecule has 19 heavy (non-hydrogen) atoms. The molecule has 2 nitrogen and oxygen atoms in total. The van der Waals surface area contributed by atoms with Crippen LogP contribution in [0.3, 0.4) is 0 Å². The summed E-state index contributed by atoms with van der Waals surface area (Å²) in [7, 11) is 1.88. The second-order valence-electron chi connectivity index (χ2n) is 4.52. The quantitative estimate of drug-likeness (QED) is 0.850. The highest BCUT2D eigenvalue weighted by Gasteiger charge is 2.17. The Morgan fingerprint density at radius 3 is 2.53 bits per heavy atom. The van der Waals surface area contributed by atoms with E-state index >= 15 is 0 Å². The molecule has 4 heteroatoms. The molecule has 2 rings (SSSR count). The third-order valence-electron chi connectivity index (χ3n) is 3.29. The molecule has 0 heterocycles. The lowest BCUT2D eigenvalue weighted by molar-refractivity contribution is 0.585. The summed E-state index contributed by atoms with van der Waals surface area (Å²) in [5, 5.41) is 0.561. The summed E-state index contributed by atoms with van der Waals surface area (Å²) < 4.78 is 13.8. The molecule has 100 valence electrons. The lowest BCUT2D eigenvalue weighted by atomic mass is 10.1. The number of nitrogens with zero attached hydrogens (tertiary/aromatic N) is 1. The fraction of sp³-hybridized carbons (Fsp3) is 0.200. The van der Waals surface area contributed by atoms with Crippen LogP contribution in [-0.4, -0.2) is 7.05 Å². The van der Waals surface area contributed by atoms with Crippen molar-refractivity contribution in [1.82, 2.24) is 0 Å². The van der Waals surface area contributed by atoms with E-state index in [2.05, 4.69) is 0 Å². The Morgan fingerprint density at radius 2 is 1.89 bits per heavy atom. The van der Waals surface area contributed by atoms with Gasteiger partial charge in [-0.15, -0.1) is 0 Å². The summed E-state index contributed by atoms with van der Waals surface area (Å²) in [5.41, 5.74) is 7.75. The summed E-state index contributed by atoms with van der Waals surface area (Å²) >= 11 is 6.18. The Hall–Kier alpha value is -1.74. The van der Waals surface area contributed by atoms with Crippen LogP contribution in [0.2, 0.25) is 5.02 Å². The van der Waals surface area contributed by atoms with Crippen LogP contribution in [0.25, 0.3) is 0 Å². The molecule has 0 amide bonds. The molecule has 0 aromatic heterocycles. The van der Waals surface area contributed by atoms with Crippen molar-refractivity contribution in [3.63, 3.8) is 0 Å². The standard InChI is InChI=1S/C15H16ClFN2/c1-10(12-5-3-4-6-14(12)17)19(2)15-8-7-11(18)9-13(15)16/h3-10H,18H2,1-2H3. The Bertz CT molecular complexity index is 586. The number of rotatable bonds is 3. The lowest BCUT2D eigenvalue weighted by Gasteiger charge is -2.28. The van der Waals surface area contributed by atoms with Crippen molar-refractivity contribution in [2.75, 3.05) is 17.7 Å². The third kappa shape index (κ3) is 2.82. The molecule has 2 aromatic rings. The number of nitrogens with two attached hydrogens (primary N) is 1. The molecule has 0 bridgehead atoms. The third-order valence-corrected chi connectivity index (χ3v) is 3.59. The molecule has 0 saturated carbocycles. The van der Waals surface area contributed by atoms with Crippen LogP contribution in [0, 0.1) is 5.82 Å². The maximum Gasteiger partial charge on any atom is 0.128 e. The Kier molecular flexibility index (Phi) is 3.96. The van der Waals surface area contributed by atoms with Gasteiger partial charge in [-0.25, -0.2) is 4.39 Å². The smallest absolute Gasteiger partial charge is 0.128 e. The molecule has 2 aromatic carbocycles. The fourth-order valence-electron chi connectivity index (χ4n) is 2.04. The molecule has 2 N–H and O–H groups in total. The zero-order valence-electron chi connectivity index (χ0n) is 10.9. The minimum Gasteiger partial charge on any atom is -0.399 e. The van der Waals surface area contributed by atoms with E-state index in [4.69, 9.17) is 17.3 Å². The van der Waals surface area contributed by atoms with Gasteiger partial charge in [-0.3, -0.25) is 0 Å². The highest BCUT2D eigenvalue weighted by atomic mass is 35.5. The van der Waals surface area contributed by atoms with Gasteiger partial charge in [0.15, 0.2) is 0 Å². The van der Waals surface area contributed by atoms with E-state index < -0.39 is 0 Å². The van der Waals surface area contributed by atoms with Crippen LogP contribution < -0.4 is 10.6 Å². The van der Waals surface area contributed by atoms with E-state index in [-0.39, 0.29) is 11.9 Å². The van der Waals surface area contributed by atoms with Crippen molar-refractivity contribution < 1.29 is 4.39 Å². The molecule has 0 aliphatic carbocycles. The number of hydrogen-bond acceptors (Lipinski definition) is 2. The number of anilines is 2. The molecule has 0 aliphatic heterocycles. The van der Waals surface area contributed by atoms with Crippen molar-refractivity contribution >= 4 is 23.0 Å². The normalized spacial score (nSPS) is 12.2. The first-order chi connectivity index (χ1) is 9.00. The Labute approximate surface area is 117 Å². The van der Waals surface area contributed by atoms with Gasteiger partial charge in [-0.2, -0.15) is 0 Å². The van der Waals surface area contributed by atoms with Gasteiger partial charge in [0.25, 0.3) is 0 Å². The SMILES string of the molecule is CC(c1ccccc1F)N(C)c1ccc(N)cc1Cl. The number of nitrogen functional groups attached to an aromatic ring is 1. The number of benzene rings is 2. The van der Waals surface area contributed by atoms with Gasteiger partial charge in [-0.1, -0.05) is 29.8 Å². The highest BCUT2D eigenvalue weighted by Crippen LogP contribution is 2.33. The van der Waals surface area contributed by atoms with Crippen LogP contribution in [-0.2, 0) is 0 Å². The summed E-state index contributed by atoms with van der Waals surface area (Å²) in [6.45, 7) is 1.94. The molecular weight excluding hydrogens is 263 g/mol. The summed E-state index contributed by atoms with van der Waals surface area (Å²) in [6, 6.07) is 11.9. The van der Waals surface area contributed by atoms with Gasteiger partial charge in [0.2, 0.25) is 0 Å². The molecule has 0 radical (unpaired) electrons. The van der Waals surface area contributed by atoms with Crippen LogP contribution in [0.5, 0.6) is 0 Å². The highest BCUT2D eigenvalue weighted by molar-refractivity contribution is 6.33. The molecule has 0 fully saturated rings. The number of halogens is 2. The first-order valence-electron chi connectivity index (χ1n) is 6.03. The zero-order valence-corrected chi connectivity index (χ0v) is 11.7. The molecular formula is C15H16ClFN2. The van der Waals surface area contributed by atoms with Gasteiger partial charge in [0, 0.05) is 18.3 Å². The van der Waals surface area contributed by atoms with Crippen LogP contribution >= 0.6 is 11.6 Å². The lowest BCUT2D eigenvalue weighted by Crippen LogP contribution is -2.22. The van der Waals surface area contributed by atoms with Gasteiger partial charge < -0.3 is 10.6 Å². The van der Waals surface area contributed by atoms with Crippen molar-refractivity contribution in [2.24, 2.45) is 0 Å². The fourth-order valence-corrected chi connectivity index (χ4v) is 2.36. The molecule has 1 atom stereocenters. The maximum atomic E-state index is 13.8. The first kappa shape index (κ1) is 13.7. The summed E-state index contributed by atoms with van der Waals surface area (Å²) in [5.74, 6) is -0.214. The maximum absolute atomic E-state index is 13.8.